The van der Waals surface area contributed by atoms with Crippen LogP contribution in [0.3, 0.4) is 0 Å². The third kappa shape index (κ3) is 4.26. The first kappa shape index (κ1) is 22.1. The summed E-state index contributed by atoms with van der Waals surface area (Å²) in [5.74, 6) is -0.861. The normalized spacial score (nSPS) is 20.5. The molecule has 3 aromatic heterocycles. The third-order valence-corrected chi connectivity index (χ3v) is 6.74. The Morgan fingerprint density at radius 2 is 2.06 bits per heavy atom. The highest BCUT2D eigenvalue weighted by Gasteiger charge is 2.35. The Morgan fingerprint density at radius 1 is 1.21 bits per heavy atom. The Kier molecular flexibility index (Phi) is 5.79. The number of rotatable bonds is 6. The number of amides is 1. The van der Waals surface area contributed by atoms with Crippen LogP contribution in [0.15, 0.2) is 62.8 Å². The van der Waals surface area contributed by atoms with E-state index in [2.05, 4.69) is 9.88 Å². The Balaban J connectivity index is 1.44. The van der Waals surface area contributed by atoms with Gasteiger partial charge in [-0.2, -0.15) is 0 Å². The van der Waals surface area contributed by atoms with E-state index in [-0.39, 0.29) is 23.7 Å². The van der Waals surface area contributed by atoms with Crippen LogP contribution in [0, 0.1) is 5.92 Å². The van der Waals surface area contributed by atoms with Crippen molar-refractivity contribution >= 4 is 5.91 Å². The predicted molar refractivity (Wildman–Crippen MR) is 123 cm³/mol. The van der Waals surface area contributed by atoms with Crippen LogP contribution >= 0.6 is 0 Å². The van der Waals surface area contributed by atoms with Gasteiger partial charge in [-0.3, -0.25) is 24.3 Å². The summed E-state index contributed by atoms with van der Waals surface area (Å²) >= 11 is 0. The third-order valence-electron chi connectivity index (χ3n) is 6.74. The molecular weight excluding hydrogens is 436 g/mol. The summed E-state index contributed by atoms with van der Waals surface area (Å²) < 4.78 is 7.91. The lowest BCUT2D eigenvalue weighted by molar-refractivity contribution is -0.118. The molecule has 5 rings (SSSR count). The minimum atomic E-state index is -0.724. The van der Waals surface area contributed by atoms with E-state index in [0.29, 0.717) is 30.3 Å². The van der Waals surface area contributed by atoms with Crippen molar-refractivity contribution in [1.29, 1.82) is 0 Å². The van der Waals surface area contributed by atoms with Crippen molar-refractivity contribution in [2.45, 2.75) is 37.8 Å². The predicted octanol–water partition coefficient (Wildman–Crippen LogP) is 1.53. The van der Waals surface area contributed by atoms with Crippen molar-refractivity contribution in [2.75, 3.05) is 13.1 Å². The Hall–Kier alpha value is -3.72. The number of carbonyl (C=O) groups is 1. The minimum absolute atomic E-state index is 0.0170. The SMILES string of the molecule is NC(=O)C[C@H](c1cccnc1)c1oc(CN2C[C@H]3C[C@@H](C2)c2cccc(=O)n2C3)cc(=O)c1O. The summed E-state index contributed by atoms with van der Waals surface area (Å²) in [7, 11) is 0. The first-order chi connectivity index (χ1) is 16.4. The Morgan fingerprint density at radius 3 is 2.82 bits per heavy atom. The largest absolute Gasteiger partial charge is 0.502 e. The lowest BCUT2D eigenvalue weighted by Gasteiger charge is -2.42. The van der Waals surface area contributed by atoms with E-state index in [1.54, 1.807) is 36.7 Å². The van der Waals surface area contributed by atoms with Gasteiger partial charge in [-0.25, -0.2) is 0 Å². The number of likely N-dealkylation sites (tertiary alicyclic amines) is 1. The summed E-state index contributed by atoms with van der Waals surface area (Å²) in [5, 5.41) is 10.5. The van der Waals surface area contributed by atoms with Crippen LogP contribution in [0.5, 0.6) is 5.75 Å². The first-order valence-electron chi connectivity index (χ1n) is 11.3. The fourth-order valence-corrected chi connectivity index (χ4v) is 5.36. The number of aromatic nitrogens is 2. The van der Waals surface area contributed by atoms with Crippen LogP contribution in [-0.4, -0.2) is 38.6 Å². The highest BCUT2D eigenvalue weighted by molar-refractivity contribution is 5.75. The number of hydrogen-bond donors (Lipinski definition) is 2. The molecule has 0 spiro atoms. The Bertz CT molecular complexity index is 1330. The molecule has 9 nitrogen and oxygen atoms in total. The van der Waals surface area contributed by atoms with Gasteiger partial charge in [0.15, 0.2) is 5.76 Å². The van der Waals surface area contributed by atoms with Crippen molar-refractivity contribution in [1.82, 2.24) is 14.5 Å². The van der Waals surface area contributed by atoms with Gasteiger partial charge in [-0.15, -0.1) is 0 Å². The van der Waals surface area contributed by atoms with Crippen LogP contribution in [0.1, 0.15) is 47.5 Å². The van der Waals surface area contributed by atoms with Crippen molar-refractivity contribution in [3.63, 3.8) is 0 Å². The van der Waals surface area contributed by atoms with Crippen molar-refractivity contribution < 1.29 is 14.3 Å². The highest BCUT2D eigenvalue weighted by Crippen LogP contribution is 2.36. The number of nitrogens with zero attached hydrogens (tertiary/aromatic N) is 3. The molecule has 2 aliphatic rings. The lowest BCUT2D eigenvalue weighted by Crippen LogP contribution is -2.46. The summed E-state index contributed by atoms with van der Waals surface area (Å²) in [5.41, 5.74) is 6.58. The molecular formula is C25H26N4O5. The van der Waals surface area contributed by atoms with Gasteiger partial charge in [-0.1, -0.05) is 12.1 Å². The maximum atomic E-state index is 12.6. The fourth-order valence-electron chi connectivity index (χ4n) is 5.36. The fraction of sp³-hybridized carbons (Fsp3) is 0.360. The average Bonchev–Trinajstić information content (AvgIpc) is 2.81. The molecule has 3 atom stereocenters. The molecule has 176 valence electrons. The molecule has 0 aliphatic carbocycles. The minimum Gasteiger partial charge on any atom is -0.502 e. The maximum absolute atomic E-state index is 12.6. The Labute approximate surface area is 195 Å². The van der Waals surface area contributed by atoms with Crippen LogP contribution in [-0.2, 0) is 17.9 Å². The maximum Gasteiger partial charge on any atom is 0.250 e. The van der Waals surface area contributed by atoms with Gasteiger partial charge in [-0.05, 0) is 30.0 Å². The molecule has 3 N–H and O–H groups in total. The van der Waals surface area contributed by atoms with Gasteiger partial charge in [0, 0.05) is 62.2 Å². The quantitative estimate of drug-likeness (QED) is 0.568. The molecule has 2 bridgehead atoms. The zero-order valence-corrected chi connectivity index (χ0v) is 18.6. The number of aromatic hydroxyl groups is 1. The van der Waals surface area contributed by atoms with Crippen molar-refractivity contribution in [3.05, 3.63) is 92.1 Å². The smallest absolute Gasteiger partial charge is 0.250 e. The monoisotopic (exact) mass is 462 g/mol. The topological polar surface area (TPSA) is 132 Å². The molecule has 2 aliphatic heterocycles. The number of piperidine rings is 1. The molecule has 3 aromatic rings. The standard InChI is InChI=1S/C25H26N4O5/c26-22(31)9-19(16-3-2-6-27-10-16)25-24(33)21(30)8-18(34-25)14-28-11-15-7-17(13-28)20-4-1-5-23(32)29(20)12-15/h1-6,8,10,15,17,19,33H,7,9,11-14H2,(H2,26,31)/t15-,17+,19-/m1/s1. The molecule has 1 amide bonds. The first-order valence-corrected chi connectivity index (χ1v) is 11.3. The number of carbonyl (C=O) groups excluding carboxylic acids is 1. The average molecular weight is 463 g/mol. The van der Waals surface area contributed by atoms with Crippen LogP contribution in [0.2, 0.25) is 0 Å². The van der Waals surface area contributed by atoms with E-state index in [0.717, 1.165) is 25.2 Å². The molecule has 0 saturated carbocycles. The molecule has 34 heavy (non-hydrogen) atoms. The second-order valence-corrected chi connectivity index (χ2v) is 9.19. The highest BCUT2D eigenvalue weighted by atomic mass is 16.4. The summed E-state index contributed by atoms with van der Waals surface area (Å²) in [6.45, 7) is 2.55. The van der Waals surface area contributed by atoms with Gasteiger partial charge in [0.05, 0.1) is 12.5 Å². The lowest BCUT2D eigenvalue weighted by atomic mass is 9.83. The molecule has 0 radical (unpaired) electrons. The van der Waals surface area contributed by atoms with E-state index in [1.807, 2.05) is 10.6 Å². The second-order valence-electron chi connectivity index (χ2n) is 9.19. The molecule has 5 heterocycles. The van der Waals surface area contributed by atoms with Gasteiger partial charge >= 0.3 is 0 Å². The molecule has 1 saturated heterocycles. The van der Waals surface area contributed by atoms with E-state index >= 15 is 0 Å². The van der Waals surface area contributed by atoms with Crippen molar-refractivity contribution in [3.8, 4) is 5.75 Å². The zero-order valence-electron chi connectivity index (χ0n) is 18.6. The number of primary amides is 1. The van der Waals surface area contributed by atoms with Crippen LogP contribution in [0.4, 0.5) is 0 Å². The van der Waals surface area contributed by atoms with Crippen LogP contribution < -0.4 is 16.7 Å². The van der Waals surface area contributed by atoms with E-state index in [4.69, 9.17) is 10.2 Å². The second kappa shape index (κ2) is 8.90. The van der Waals surface area contributed by atoms with Crippen molar-refractivity contribution in [2.24, 2.45) is 11.7 Å². The number of hydrogen-bond acceptors (Lipinski definition) is 7. The van der Waals surface area contributed by atoms with E-state index in [9.17, 15) is 19.5 Å². The van der Waals surface area contributed by atoms with Gasteiger partial charge < -0.3 is 19.8 Å². The van der Waals surface area contributed by atoms with Gasteiger partial charge in [0.25, 0.3) is 5.56 Å². The van der Waals surface area contributed by atoms with Gasteiger partial charge in [0.1, 0.15) is 5.76 Å². The zero-order chi connectivity index (χ0) is 23.8. The van der Waals surface area contributed by atoms with Gasteiger partial charge in [0.2, 0.25) is 17.1 Å². The summed E-state index contributed by atoms with van der Waals surface area (Å²) in [6, 6.07) is 10.2. The molecule has 0 unspecified atom stereocenters. The van der Waals surface area contributed by atoms with E-state index < -0.39 is 23.0 Å². The number of nitrogens with two attached hydrogens (primary N) is 1. The summed E-state index contributed by atoms with van der Waals surface area (Å²) in [6.07, 6.45) is 4.04. The van der Waals surface area contributed by atoms with E-state index in [1.165, 1.54) is 6.07 Å². The number of fused-ring (bicyclic) bond motifs is 4. The molecule has 9 heteroatoms. The summed E-state index contributed by atoms with van der Waals surface area (Å²) in [4.78, 5) is 42.9. The molecule has 0 aromatic carbocycles. The van der Waals surface area contributed by atoms with Crippen LogP contribution in [0.25, 0.3) is 0 Å². The number of pyridine rings is 2. The molecule has 1 fully saturated rings.